The highest BCUT2D eigenvalue weighted by Crippen LogP contribution is 2.46. The zero-order valence-electron chi connectivity index (χ0n) is 39.9. The fourth-order valence-electron chi connectivity index (χ4n) is 10.4. The number of para-hydroxylation sites is 3. The first-order valence-corrected chi connectivity index (χ1v) is 24.0. The van der Waals surface area contributed by atoms with E-state index in [1.54, 1.807) is 0 Å². The second kappa shape index (κ2) is 17.1. The Morgan fingerprint density at radius 3 is 1.29 bits per heavy atom. The van der Waals surface area contributed by atoms with Gasteiger partial charge in [0.15, 0.2) is 17.5 Å². The highest BCUT2D eigenvalue weighted by Gasteiger charge is 2.25. The molecule has 0 saturated heterocycles. The van der Waals surface area contributed by atoms with Gasteiger partial charge < -0.3 is 9.13 Å². The Morgan fingerprint density at radius 2 is 0.708 bits per heavy atom. The minimum absolute atomic E-state index is 0.645. The van der Waals surface area contributed by atoms with Crippen molar-refractivity contribution in [3.8, 4) is 79.2 Å². The van der Waals surface area contributed by atoms with Gasteiger partial charge >= 0.3 is 0 Å². The van der Waals surface area contributed by atoms with Gasteiger partial charge in [0.05, 0.1) is 44.8 Å². The van der Waals surface area contributed by atoms with Crippen molar-refractivity contribution in [3.05, 3.63) is 217 Å². The standard InChI is InChI=1S/C62H44N10/c1-37-63-38(2)66-61(65-37)43-30-32-56-49(34-43)45-22-11-14-26-53(45)71(56)55-28-16-13-24-48(55)59-47(52-36-51(41-18-7-5-8-19-41)69-60(70-52)42-20-9-6-10-21-42)25-17-29-58(59)72-54-27-15-12-23-46(54)50-35-44(31-33-57(50)72)62-67-39(3)64-40(4)68-62/h5-36H,1-4H3. The van der Waals surface area contributed by atoms with Crippen molar-refractivity contribution in [2.45, 2.75) is 27.7 Å². The summed E-state index contributed by atoms with van der Waals surface area (Å²) in [7, 11) is 0. The Balaban J connectivity index is 1.12. The number of hydrogen-bond acceptors (Lipinski definition) is 8. The van der Waals surface area contributed by atoms with Crippen LogP contribution in [0.2, 0.25) is 0 Å². The van der Waals surface area contributed by atoms with E-state index < -0.39 is 0 Å². The van der Waals surface area contributed by atoms with Gasteiger partial charge in [-0.25, -0.2) is 39.9 Å². The molecule has 5 heterocycles. The molecule has 0 atom stereocenters. The SMILES string of the molecule is Cc1nc(C)nc(-c2ccc3c(c2)c2ccccc2n3-c2ccccc2-c2c(-c3cc(-c4ccccc4)nc(-c4ccccc4)n3)cccc2-n2c3ccccc3c3cc(-c4nc(C)nc(C)n4)ccc32)n1. The van der Waals surface area contributed by atoms with Gasteiger partial charge in [-0.05, 0) is 94.4 Å². The highest BCUT2D eigenvalue weighted by atomic mass is 15.0. The first-order valence-electron chi connectivity index (χ1n) is 24.0. The maximum atomic E-state index is 5.47. The van der Waals surface area contributed by atoms with E-state index in [0.717, 1.165) is 105 Å². The molecular formula is C62H44N10. The molecule has 0 amide bonds. The highest BCUT2D eigenvalue weighted by molar-refractivity contribution is 6.13. The number of nitrogens with zero attached hydrogens (tertiary/aromatic N) is 10. The smallest absolute Gasteiger partial charge is 0.163 e. The predicted octanol–water partition coefficient (Wildman–Crippen LogP) is 14.3. The van der Waals surface area contributed by atoms with Crippen LogP contribution in [0.15, 0.2) is 194 Å². The predicted molar refractivity (Wildman–Crippen MR) is 289 cm³/mol. The molecule has 0 N–H and O–H groups in total. The number of fused-ring (bicyclic) bond motifs is 6. The zero-order valence-corrected chi connectivity index (χ0v) is 39.9. The molecule has 0 radical (unpaired) electrons. The minimum atomic E-state index is 0.645. The van der Waals surface area contributed by atoms with Crippen molar-refractivity contribution in [2.75, 3.05) is 0 Å². The molecule has 0 aliphatic heterocycles. The molecule has 10 nitrogen and oxygen atoms in total. The average Bonchev–Trinajstić information content (AvgIpc) is 3.92. The number of benzene rings is 8. The summed E-state index contributed by atoms with van der Waals surface area (Å²) in [5.41, 5.74) is 14.7. The summed E-state index contributed by atoms with van der Waals surface area (Å²) in [4.78, 5) is 38.7. The fourth-order valence-corrected chi connectivity index (χ4v) is 10.4. The first-order chi connectivity index (χ1) is 35.3. The van der Waals surface area contributed by atoms with Gasteiger partial charge in [-0.3, -0.25) is 0 Å². The summed E-state index contributed by atoms with van der Waals surface area (Å²) in [5, 5.41) is 4.42. The second-order valence-corrected chi connectivity index (χ2v) is 18.1. The summed E-state index contributed by atoms with van der Waals surface area (Å²) in [6, 6.07) is 68.4. The number of aryl methyl sites for hydroxylation is 4. The van der Waals surface area contributed by atoms with Crippen molar-refractivity contribution in [1.82, 2.24) is 49.0 Å². The van der Waals surface area contributed by atoms with Crippen LogP contribution in [0, 0.1) is 27.7 Å². The van der Waals surface area contributed by atoms with Crippen molar-refractivity contribution in [2.24, 2.45) is 0 Å². The van der Waals surface area contributed by atoms with Gasteiger partial charge in [0.2, 0.25) is 0 Å². The van der Waals surface area contributed by atoms with Gasteiger partial charge in [0, 0.05) is 60.5 Å². The lowest BCUT2D eigenvalue weighted by molar-refractivity contribution is 0.928. The van der Waals surface area contributed by atoms with Gasteiger partial charge in [0.25, 0.3) is 0 Å². The molecule has 0 aliphatic carbocycles. The molecule has 0 bridgehead atoms. The van der Waals surface area contributed by atoms with E-state index >= 15 is 0 Å². The van der Waals surface area contributed by atoms with Crippen LogP contribution in [0.25, 0.3) is 123 Å². The summed E-state index contributed by atoms with van der Waals surface area (Å²) >= 11 is 0. The van der Waals surface area contributed by atoms with Crippen LogP contribution in [-0.4, -0.2) is 49.0 Å². The van der Waals surface area contributed by atoms with E-state index in [1.807, 2.05) is 52.0 Å². The molecule has 0 fully saturated rings. The molecule has 0 unspecified atom stereocenters. The van der Waals surface area contributed by atoms with E-state index in [2.05, 4.69) is 189 Å². The Bertz CT molecular complexity index is 4170. The van der Waals surface area contributed by atoms with Crippen molar-refractivity contribution < 1.29 is 0 Å². The van der Waals surface area contributed by atoms with Gasteiger partial charge in [0.1, 0.15) is 23.3 Å². The van der Waals surface area contributed by atoms with E-state index in [9.17, 15) is 0 Å². The molecular weight excluding hydrogens is 885 g/mol. The summed E-state index contributed by atoms with van der Waals surface area (Å²) < 4.78 is 4.80. The summed E-state index contributed by atoms with van der Waals surface area (Å²) in [6.45, 7) is 7.64. The number of hydrogen-bond donors (Lipinski definition) is 0. The third-order valence-corrected chi connectivity index (χ3v) is 13.4. The maximum Gasteiger partial charge on any atom is 0.163 e. The molecule has 0 spiro atoms. The van der Waals surface area contributed by atoms with E-state index in [1.165, 1.54) is 0 Å². The lowest BCUT2D eigenvalue weighted by Crippen LogP contribution is -2.04. The molecule has 13 rings (SSSR count). The Hall–Kier alpha value is -9.54. The lowest BCUT2D eigenvalue weighted by Gasteiger charge is -2.22. The monoisotopic (exact) mass is 928 g/mol. The van der Waals surface area contributed by atoms with E-state index in [4.69, 9.17) is 29.9 Å². The van der Waals surface area contributed by atoms with E-state index in [-0.39, 0.29) is 0 Å². The largest absolute Gasteiger partial charge is 0.309 e. The van der Waals surface area contributed by atoms with Crippen LogP contribution in [0.1, 0.15) is 23.3 Å². The molecule has 0 aliphatic rings. The second-order valence-electron chi connectivity index (χ2n) is 18.1. The van der Waals surface area contributed by atoms with Crippen LogP contribution < -0.4 is 0 Å². The quantitative estimate of drug-likeness (QED) is 0.148. The topological polar surface area (TPSA) is 113 Å². The Kier molecular flexibility index (Phi) is 10.1. The van der Waals surface area contributed by atoms with Crippen LogP contribution >= 0.6 is 0 Å². The number of rotatable bonds is 8. The van der Waals surface area contributed by atoms with Crippen molar-refractivity contribution >= 4 is 43.6 Å². The van der Waals surface area contributed by atoms with Gasteiger partial charge in [-0.1, -0.05) is 127 Å². The molecule has 0 saturated carbocycles. The third-order valence-electron chi connectivity index (χ3n) is 13.4. The summed E-state index contributed by atoms with van der Waals surface area (Å²) in [6.07, 6.45) is 0. The third kappa shape index (κ3) is 7.27. The molecule has 72 heavy (non-hydrogen) atoms. The Morgan fingerprint density at radius 1 is 0.278 bits per heavy atom. The Labute approximate surface area is 415 Å². The normalized spacial score (nSPS) is 11.6. The molecule has 342 valence electrons. The van der Waals surface area contributed by atoms with Crippen LogP contribution in [0.4, 0.5) is 0 Å². The van der Waals surface area contributed by atoms with Crippen molar-refractivity contribution in [3.63, 3.8) is 0 Å². The average molecular weight is 929 g/mol. The molecule has 10 heteroatoms. The molecule has 13 aromatic rings. The molecule has 8 aromatic carbocycles. The van der Waals surface area contributed by atoms with Crippen LogP contribution in [0.3, 0.4) is 0 Å². The summed E-state index contributed by atoms with van der Waals surface area (Å²) in [5.74, 6) is 4.71. The minimum Gasteiger partial charge on any atom is -0.309 e. The lowest BCUT2D eigenvalue weighted by atomic mass is 9.93. The van der Waals surface area contributed by atoms with E-state index in [0.29, 0.717) is 40.8 Å². The number of aromatic nitrogens is 10. The first kappa shape index (κ1) is 42.6. The van der Waals surface area contributed by atoms with Gasteiger partial charge in [-0.2, -0.15) is 0 Å². The fraction of sp³-hybridized carbons (Fsp3) is 0.0645. The zero-order chi connectivity index (χ0) is 48.5. The van der Waals surface area contributed by atoms with Crippen LogP contribution in [-0.2, 0) is 0 Å². The van der Waals surface area contributed by atoms with Crippen molar-refractivity contribution in [1.29, 1.82) is 0 Å². The maximum absolute atomic E-state index is 5.47. The van der Waals surface area contributed by atoms with Crippen LogP contribution in [0.5, 0.6) is 0 Å². The molecule has 5 aromatic heterocycles. The van der Waals surface area contributed by atoms with Gasteiger partial charge in [-0.15, -0.1) is 0 Å².